The van der Waals surface area contributed by atoms with Crippen LogP contribution in [0.4, 0.5) is 0 Å². The van der Waals surface area contributed by atoms with Gasteiger partial charge in [0.1, 0.15) is 6.54 Å². The van der Waals surface area contributed by atoms with E-state index in [9.17, 15) is 14.4 Å². The number of fused-ring (bicyclic) bond motifs is 1. The van der Waals surface area contributed by atoms with Crippen molar-refractivity contribution in [3.63, 3.8) is 0 Å². The third kappa shape index (κ3) is 3.99. The third-order valence-corrected chi connectivity index (χ3v) is 4.31. The summed E-state index contributed by atoms with van der Waals surface area (Å²) in [6.07, 6.45) is 1.24. The van der Waals surface area contributed by atoms with Gasteiger partial charge in [0.2, 0.25) is 5.91 Å². The maximum atomic E-state index is 12.8. The number of carboxylic acids is 1. The SMILES string of the molecule is CC(=O)N(CC(=O)O)CC1CN(C(=O)c2ccc3[nH]ncc3c2)CCO1. The van der Waals surface area contributed by atoms with Crippen molar-refractivity contribution in [1.29, 1.82) is 0 Å². The second-order valence-electron chi connectivity index (χ2n) is 6.21. The van der Waals surface area contributed by atoms with E-state index >= 15 is 0 Å². The summed E-state index contributed by atoms with van der Waals surface area (Å²) >= 11 is 0. The first kappa shape index (κ1) is 17.9. The van der Waals surface area contributed by atoms with Crippen LogP contribution in [0, 0.1) is 0 Å². The summed E-state index contributed by atoms with van der Waals surface area (Å²) in [6, 6.07) is 5.31. The van der Waals surface area contributed by atoms with Crippen LogP contribution in [0.5, 0.6) is 0 Å². The molecule has 1 aromatic carbocycles. The molecule has 0 radical (unpaired) electrons. The van der Waals surface area contributed by atoms with Gasteiger partial charge in [0, 0.05) is 37.5 Å². The van der Waals surface area contributed by atoms with Gasteiger partial charge in [0.25, 0.3) is 5.91 Å². The van der Waals surface area contributed by atoms with Crippen LogP contribution in [-0.4, -0.2) is 81.8 Å². The summed E-state index contributed by atoms with van der Waals surface area (Å²) < 4.78 is 5.62. The Morgan fingerprint density at radius 1 is 1.42 bits per heavy atom. The molecule has 2 amide bonds. The van der Waals surface area contributed by atoms with Gasteiger partial charge in [-0.1, -0.05) is 0 Å². The molecule has 1 aromatic heterocycles. The molecule has 2 heterocycles. The van der Waals surface area contributed by atoms with E-state index < -0.39 is 12.1 Å². The number of rotatable bonds is 5. The van der Waals surface area contributed by atoms with Crippen molar-refractivity contribution in [3.05, 3.63) is 30.0 Å². The second kappa shape index (κ2) is 7.52. The van der Waals surface area contributed by atoms with E-state index in [2.05, 4.69) is 10.2 Å². The smallest absolute Gasteiger partial charge is 0.323 e. The highest BCUT2D eigenvalue weighted by Gasteiger charge is 2.28. The van der Waals surface area contributed by atoms with Crippen LogP contribution < -0.4 is 0 Å². The van der Waals surface area contributed by atoms with Crippen molar-refractivity contribution in [2.75, 3.05) is 32.8 Å². The van der Waals surface area contributed by atoms with E-state index in [1.165, 1.54) is 11.8 Å². The fourth-order valence-electron chi connectivity index (χ4n) is 2.99. The highest BCUT2D eigenvalue weighted by atomic mass is 16.5. The number of morpholine rings is 1. The molecular weight excluding hydrogens is 340 g/mol. The monoisotopic (exact) mass is 360 g/mol. The molecular formula is C17H20N4O5. The Bertz CT molecular complexity index is 833. The third-order valence-electron chi connectivity index (χ3n) is 4.31. The molecule has 3 rings (SSSR count). The number of benzene rings is 1. The van der Waals surface area contributed by atoms with E-state index in [-0.39, 0.29) is 24.9 Å². The summed E-state index contributed by atoms with van der Waals surface area (Å²) in [6.45, 7) is 2.13. The minimum atomic E-state index is -1.09. The maximum absolute atomic E-state index is 12.8. The van der Waals surface area contributed by atoms with Gasteiger partial charge in [-0.25, -0.2) is 0 Å². The molecule has 0 aliphatic carbocycles. The normalized spacial score (nSPS) is 17.3. The molecule has 0 spiro atoms. The number of ether oxygens (including phenoxy) is 1. The Morgan fingerprint density at radius 3 is 2.96 bits per heavy atom. The average Bonchev–Trinajstić information content (AvgIpc) is 3.08. The number of aromatic amines is 1. The van der Waals surface area contributed by atoms with Crippen LogP contribution >= 0.6 is 0 Å². The minimum absolute atomic E-state index is 0.131. The predicted molar refractivity (Wildman–Crippen MR) is 91.6 cm³/mol. The van der Waals surface area contributed by atoms with Gasteiger partial charge in [0.15, 0.2) is 0 Å². The summed E-state index contributed by atoms with van der Waals surface area (Å²) in [5.74, 6) is -1.56. The first-order chi connectivity index (χ1) is 12.4. The topological polar surface area (TPSA) is 116 Å². The van der Waals surface area contributed by atoms with Crippen LogP contribution in [-0.2, 0) is 14.3 Å². The Kier molecular flexibility index (Phi) is 5.17. The summed E-state index contributed by atoms with van der Waals surface area (Å²) in [5, 5.41) is 16.5. The molecule has 1 aliphatic heterocycles. The molecule has 1 fully saturated rings. The van der Waals surface area contributed by atoms with Crippen molar-refractivity contribution in [2.45, 2.75) is 13.0 Å². The Balaban J connectivity index is 1.67. The Labute approximate surface area is 149 Å². The van der Waals surface area contributed by atoms with Crippen LogP contribution in [0.25, 0.3) is 10.9 Å². The van der Waals surface area contributed by atoms with Crippen molar-refractivity contribution < 1.29 is 24.2 Å². The fraction of sp³-hybridized carbons (Fsp3) is 0.412. The summed E-state index contributed by atoms with van der Waals surface area (Å²) in [7, 11) is 0. The van der Waals surface area contributed by atoms with E-state index in [0.717, 1.165) is 10.9 Å². The number of carboxylic acid groups (broad SMARTS) is 1. The standard InChI is InChI=1S/C17H20N4O5/c1-11(22)21(10-16(23)24)9-14-8-20(4-5-26-14)17(25)12-2-3-15-13(6-12)7-18-19-15/h2-3,6-7,14H,4-5,8-10H2,1H3,(H,18,19)(H,23,24). The van der Waals surface area contributed by atoms with E-state index in [1.807, 2.05) is 0 Å². The molecule has 138 valence electrons. The lowest BCUT2D eigenvalue weighted by molar-refractivity contribution is -0.145. The lowest BCUT2D eigenvalue weighted by Gasteiger charge is -2.35. The van der Waals surface area contributed by atoms with Gasteiger partial charge in [-0.15, -0.1) is 0 Å². The average molecular weight is 360 g/mol. The predicted octanol–water partition coefficient (Wildman–Crippen LogP) is 0.337. The molecule has 9 nitrogen and oxygen atoms in total. The molecule has 1 saturated heterocycles. The molecule has 0 saturated carbocycles. The van der Waals surface area contributed by atoms with E-state index in [4.69, 9.17) is 9.84 Å². The highest BCUT2D eigenvalue weighted by molar-refractivity contribution is 5.98. The number of carbonyl (C=O) groups is 3. The minimum Gasteiger partial charge on any atom is -0.480 e. The van der Waals surface area contributed by atoms with E-state index in [1.54, 1.807) is 29.3 Å². The van der Waals surface area contributed by atoms with E-state index in [0.29, 0.717) is 25.3 Å². The number of aliphatic carboxylic acids is 1. The number of carbonyl (C=O) groups excluding carboxylic acids is 2. The number of nitrogens with zero attached hydrogens (tertiary/aromatic N) is 3. The molecule has 1 aliphatic rings. The van der Waals surface area contributed by atoms with Crippen LogP contribution in [0.2, 0.25) is 0 Å². The molecule has 2 aromatic rings. The summed E-state index contributed by atoms with van der Waals surface area (Å²) in [4.78, 5) is 38.1. The molecule has 2 N–H and O–H groups in total. The molecule has 1 atom stereocenters. The first-order valence-corrected chi connectivity index (χ1v) is 8.25. The highest BCUT2D eigenvalue weighted by Crippen LogP contribution is 2.16. The van der Waals surface area contributed by atoms with Crippen LogP contribution in [0.15, 0.2) is 24.4 Å². The quantitative estimate of drug-likeness (QED) is 0.794. The zero-order valence-electron chi connectivity index (χ0n) is 14.3. The fourth-order valence-corrected chi connectivity index (χ4v) is 2.99. The number of nitrogens with one attached hydrogen (secondary N) is 1. The molecule has 0 bridgehead atoms. The largest absolute Gasteiger partial charge is 0.480 e. The van der Waals surface area contributed by atoms with Gasteiger partial charge in [-0.3, -0.25) is 19.5 Å². The van der Waals surface area contributed by atoms with Gasteiger partial charge >= 0.3 is 5.97 Å². The van der Waals surface area contributed by atoms with Crippen LogP contribution in [0.1, 0.15) is 17.3 Å². The number of H-pyrrole nitrogens is 1. The van der Waals surface area contributed by atoms with Gasteiger partial charge in [0.05, 0.1) is 24.4 Å². The maximum Gasteiger partial charge on any atom is 0.323 e. The lowest BCUT2D eigenvalue weighted by atomic mass is 10.1. The van der Waals surface area contributed by atoms with Gasteiger partial charge < -0.3 is 19.6 Å². The molecule has 9 heteroatoms. The van der Waals surface area contributed by atoms with Crippen molar-refractivity contribution >= 4 is 28.7 Å². The Hall–Kier alpha value is -2.94. The molecule has 26 heavy (non-hydrogen) atoms. The van der Waals surface area contributed by atoms with Crippen molar-refractivity contribution in [2.24, 2.45) is 0 Å². The first-order valence-electron chi connectivity index (χ1n) is 8.25. The van der Waals surface area contributed by atoms with Crippen molar-refractivity contribution in [3.8, 4) is 0 Å². The lowest BCUT2D eigenvalue weighted by Crippen LogP contribution is -2.51. The Morgan fingerprint density at radius 2 is 2.23 bits per heavy atom. The number of hydrogen-bond donors (Lipinski definition) is 2. The van der Waals surface area contributed by atoms with Crippen molar-refractivity contribution in [1.82, 2.24) is 20.0 Å². The zero-order chi connectivity index (χ0) is 18.7. The van der Waals surface area contributed by atoms with Crippen LogP contribution in [0.3, 0.4) is 0 Å². The zero-order valence-corrected chi connectivity index (χ0v) is 14.3. The molecule has 1 unspecified atom stereocenters. The van der Waals surface area contributed by atoms with Gasteiger partial charge in [-0.2, -0.15) is 5.10 Å². The number of aromatic nitrogens is 2. The number of amides is 2. The number of hydrogen-bond acceptors (Lipinski definition) is 5. The second-order valence-corrected chi connectivity index (χ2v) is 6.21. The summed E-state index contributed by atoms with van der Waals surface area (Å²) in [5.41, 5.74) is 1.40. The van der Waals surface area contributed by atoms with Gasteiger partial charge in [-0.05, 0) is 18.2 Å².